The van der Waals surface area contributed by atoms with Gasteiger partial charge in [-0.2, -0.15) is 5.10 Å². The molecule has 0 saturated heterocycles. The summed E-state index contributed by atoms with van der Waals surface area (Å²) in [5.41, 5.74) is 2.85. The number of nitrogens with zero attached hydrogens (tertiary/aromatic N) is 2. The van der Waals surface area contributed by atoms with Crippen LogP contribution in [0.2, 0.25) is 0 Å². The SMILES string of the molecule is C=CCOc1ccc(C2CC(=O)Nc3c2cnn3-c2ccccc2)cc1OC. The number of rotatable bonds is 6. The van der Waals surface area contributed by atoms with Gasteiger partial charge in [-0.25, -0.2) is 4.68 Å². The first-order valence-corrected chi connectivity index (χ1v) is 9.06. The molecule has 6 nitrogen and oxygen atoms in total. The maximum absolute atomic E-state index is 12.4. The molecular formula is C22H21N3O3. The number of methoxy groups -OCH3 is 1. The van der Waals surface area contributed by atoms with Gasteiger partial charge in [0, 0.05) is 17.9 Å². The van der Waals surface area contributed by atoms with Gasteiger partial charge in [0.2, 0.25) is 5.91 Å². The van der Waals surface area contributed by atoms with Gasteiger partial charge in [0.15, 0.2) is 11.5 Å². The van der Waals surface area contributed by atoms with Crippen LogP contribution in [0.15, 0.2) is 67.4 Å². The Kier molecular flexibility index (Phi) is 4.85. The molecule has 2 heterocycles. The van der Waals surface area contributed by atoms with Crippen LogP contribution in [0, 0.1) is 0 Å². The van der Waals surface area contributed by atoms with Crippen LogP contribution in [0.1, 0.15) is 23.5 Å². The normalized spacial score (nSPS) is 15.5. The van der Waals surface area contributed by atoms with E-state index < -0.39 is 0 Å². The van der Waals surface area contributed by atoms with Crippen molar-refractivity contribution in [2.45, 2.75) is 12.3 Å². The maximum Gasteiger partial charge on any atom is 0.226 e. The van der Waals surface area contributed by atoms with Crippen molar-refractivity contribution in [1.82, 2.24) is 9.78 Å². The first-order valence-electron chi connectivity index (χ1n) is 9.06. The number of ether oxygens (including phenoxy) is 2. The predicted octanol–water partition coefficient (Wildman–Crippen LogP) is 3.92. The van der Waals surface area contributed by atoms with Crippen molar-refractivity contribution < 1.29 is 14.3 Å². The Morgan fingerprint density at radius 2 is 2.07 bits per heavy atom. The Hall–Kier alpha value is -3.54. The molecule has 28 heavy (non-hydrogen) atoms. The van der Waals surface area contributed by atoms with Gasteiger partial charge in [-0.05, 0) is 29.8 Å². The Morgan fingerprint density at radius 1 is 1.25 bits per heavy atom. The lowest BCUT2D eigenvalue weighted by atomic mass is 9.87. The molecule has 6 heteroatoms. The Bertz CT molecular complexity index is 1010. The van der Waals surface area contributed by atoms with E-state index in [4.69, 9.17) is 9.47 Å². The average molecular weight is 375 g/mol. The Balaban J connectivity index is 1.74. The molecule has 0 aliphatic carbocycles. The zero-order valence-corrected chi connectivity index (χ0v) is 15.6. The smallest absolute Gasteiger partial charge is 0.226 e. The van der Waals surface area contributed by atoms with Crippen molar-refractivity contribution >= 4 is 11.7 Å². The number of fused-ring (bicyclic) bond motifs is 1. The number of aromatic nitrogens is 2. The van der Waals surface area contributed by atoms with Crippen molar-refractivity contribution in [2.24, 2.45) is 0 Å². The number of nitrogens with one attached hydrogen (secondary N) is 1. The third-order valence-corrected chi connectivity index (χ3v) is 4.77. The molecule has 0 fully saturated rings. The molecule has 0 bridgehead atoms. The third-order valence-electron chi connectivity index (χ3n) is 4.77. The standard InChI is InChI=1S/C22H21N3O3/c1-3-11-28-19-10-9-15(12-20(19)27-2)17-13-21(26)24-22-18(17)14-23-25(22)16-7-5-4-6-8-16/h3-10,12,14,17H,1,11,13H2,2H3,(H,24,26). The fourth-order valence-electron chi connectivity index (χ4n) is 3.45. The Morgan fingerprint density at radius 3 is 2.82 bits per heavy atom. The summed E-state index contributed by atoms with van der Waals surface area (Å²) in [5, 5.41) is 7.48. The number of hydrogen-bond donors (Lipinski definition) is 1. The van der Waals surface area contributed by atoms with E-state index >= 15 is 0 Å². The highest BCUT2D eigenvalue weighted by molar-refractivity contribution is 5.94. The fourth-order valence-corrected chi connectivity index (χ4v) is 3.45. The number of carbonyl (C=O) groups is 1. The molecule has 0 radical (unpaired) electrons. The van der Waals surface area contributed by atoms with Gasteiger partial charge < -0.3 is 14.8 Å². The molecule has 1 amide bonds. The quantitative estimate of drug-likeness (QED) is 0.663. The monoisotopic (exact) mass is 375 g/mol. The summed E-state index contributed by atoms with van der Waals surface area (Å²) < 4.78 is 12.9. The van der Waals surface area contributed by atoms with E-state index in [2.05, 4.69) is 17.0 Å². The summed E-state index contributed by atoms with van der Waals surface area (Å²) >= 11 is 0. The molecule has 4 rings (SSSR count). The number of anilines is 1. The minimum atomic E-state index is -0.108. The molecule has 142 valence electrons. The van der Waals surface area contributed by atoms with E-state index in [0.717, 1.165) is 16.8 Å². The first-order chi connectivity index (χ1) is 13.7. The second-order valence-electron chi connectivity index (χ2n) is 6.51. The van der Waals surface area contributed by atoms with Crippen LogP contribution in [-0.2, 0) is 4.79 Å². The molecule has 1 aliphatic heterocycles. The second-order valence-corrected chi connectivity index (χ2v) is 6.51. The molecule has 1 N–H and O–H groups in total. The van der Waals surface area contributed by atoms with Crippen molar-refractivity contribution in [3.8, 4) is 17.2 Å². The molecule has 1 aliphatic rings. The molecular weight excluding hydrogens is 354 g/mol. The molecule has 1 unspecified atom stereocenters. The van der Waals surface area contributed by atoms with E-state index in [9.17, 15) is 4.79 Å². The van der Waals surface area contributed by atoms with Crippen LogP contribution < -0.4 is 14.8 Å². The third kappa shape index (κ3) is 3.24. The van der Waals surface area contributed by atoms with E-state index in [1.807, 2.05) is 54.7 Å². The molecule has 0 saturated carbocycles. The number of benzene rings is 2. The Labute approximate surface area is 163 Å². The van der Waals surface area contributed by atoms with Crippen molar-refractivity contribution in [1.29, 1.82) is 0 Å². The number of carbonyl (C=O) groups excluding carboxylic acids is 1. The van der Waals surface area contributed by atoms with Gasteiger partial charge in [-0.15, -0.1) is 0 Å². The topological polar surface area (TPSA) is 65.4 Å². The van der Waals surface area contributed by atoms with E-state index in [1.165, 1.54) is 0 Å². The molecule has 0 spiro atoms. The summed E-state index contributed by atoms with van der Waals surface area (Å²) in [6, 6.07) is 15.5. The molecule has 2 aromatic carbocycles. The predicted molar refractivity (Wildman–Crippen MR) is 107 cm³/mol. The van der Waals surface area contributed by atoms with E-state index in [0.29, 0.717) is 30.3 Å². The van der Waals surface area contributed by atoms with Crippen LogP contribution in [-0.4, -0.2) is 29.4 Å². The average Bonchev–Trinajstić information content (AvgIpc) is 3.16. The number of para-hydroxylation sites is 1. The van der Waals surface area contributed by atoms with E-state index in [-0.39, 0.29) is 11.8 Å². The lowest BCUT2D eigenvalue weighted by Crippen LogP contribution is -2.24. The lowest BCUT2D eigenvalue weighted by Gasteiger charge is -2.24. The fraction of sp³-hybridized carbons (Fsp3) is 0.182. The van der Waals surface area contributed by atoms with Gasteiger partial charge in [0.1, 0.15) is 12.4 Å². The second kappa shape index (κ2) is 7.60. The summed E-state index contributed by atoms with van der Waals surface area (Å²) in [6.07, 6.45) is 3.85. The van der Waals surface area contributed by atoms with Crippen molar-refractivity contribution in [3.63, 3.8) is 0 Å². The zero-order chi connectivity index (χ0) is 19.5. The minimum absolute atomic E-state index is 0.0406. The lowest BCUT2D eigenvalue weighted by molar-refractivity contribution is -0.116. The van der Waals surface area contributed by atoms with Gasteiger partial charge in [-0.1, -0.05) is 36.9 Å². The molecule has 3 aromatic rings. The highest BCUT2D eigenvalue weighted by Gasteiger charge is 2.31. The molecule has 1 atom stereocenters. The molecule has 1 aromatic heterocycles. The van der Waals surface area contributed by atoms with Crippen LogP contribution in [0.3, 0.4) is 0 Å². The minimum Gasteiger partial charge on any atom is -0.493 e. The summed E-state index contributed by atoms with van der Waals surface area (Å²) in [4.78, 5) is 12.4. The number of amides is 1. The summed E-state index contributed by atoms with van der Waals surface area (Å²) in [7, 11) is 1.60. The zero-order valence-electron chi connectivity index (χ0n) is 15.6. The van der Waals surface area contributed by atoms with Crippen LogP contribution >= 0.6 is 0 Å². The van der Waals surface area contributed by atoms with Gasteiger partial charge in [-0.3, -0.25) is 4.79 Å². The van der Waals surface area contributed by atoms with Crippen LogP contribution in [0.4, 0.5) is 5.82 Å². The van der Waals surface area contributed by atoms with Crippen LogP contribution in [0.5, 0.6) is 11.5 Å². The number of hydrogen-bond acceptors (Lipinski definition) is 4. The van der Waals surface area contributed by atoms with E-state index in [1.54, 1.807) is 17.9 Å². The largest absolute Gasteiger partial charge is 0.493 e. The van der Waals surface area contributed by atoms with Crippen molar-refractivity contribution in [3.05, 3.63) is 78.5 Å². The van der Waals surface area contributed by atoms with Gasteiger partial charge in [0.05, 0.1) is 19.0 Å². The summed E-state index contributed by atoms with van der Waals surface area (Å²) in [6.45, 7) is 4.06. The first kappa shape index (κ1) is 17.9. The van der Waals surface area contributed by atoms with Crippen molar-refractivity contribution in [2.75, 3.05) is 19.0 Å². The van der Waals surface area contributed by atoms with Gasteiger partial charge in [0.25, 0.3) is 0 Å². The van der Waals surface area contributed by atoms with Crippen LogP contribution in [0.25, 0.3) is 5.69 Å². The van der Waals surface area contributed by atoms with Gasteiger partial charge >= 0.3 is 0 Å². The highest BCUT2D eigenvalue weighted by Crippen LogP contribution is 2.40. The summed E-state index contributed by atoms with van der Waals surface area (Å²) in [5.74, 6) is 1.83. The maximum atomic E-state index is 12.4. The highest BCUT2D eigenvalue weighted by atomic mass is 16.5.